The van der Waals surface area contributed by atoms with Gasteiger partial charge < -0.3 is 15.6 Å². The zero-order valence-corrected chi connectivity index (χ0v) is 12.0. The summed E-state index contributed by atoms with van der Waals surface area (Å²) in [4.78, 5) is 10.9. The average molecular weight is 289 g/mol. The highest BCUT2D eigenvalue weighted by molar-refractivity contribution is 5.89. The van der Waals surface area contributed by atoms with Crippen LogP contribution in [0.2, 0.25) is 0 Å². The van der Waals surface area contributed by atoms with Gasteiger partial charge in [-0.15, -0.1) is 0 Å². The number of rotatable bonds is 3. The number of aryl methyl sites for hydroxylation is 2. The van der Waals surface area contributed by atoms with Crippen molar-refractivity contribution in [2.45, 2.75) is 20.8 Å². The molecule has 5 heteroatoms. The summed E-state index contributed by atoms with van der Waals surface area (Å²) in [5.74, 6) is -1.57. The number of carbonyl (C=O) groups is 1. The first-order valence-corrected chi connectivity index (χ1v) is 6.37. The molecule has 0 radical (unpaired) electrons. The third kappa shape index (κ3) is 2.97. The topological polar surface area (TPSA) is 72.5 Å². The molecule has 0 spiro atoms. The van der Waals surface area contributed by atoms with Crippen molar-refractivity contribution in [3.8, 4) is 11.5 Å². The largest absolute Gasteiger partial charge is 0.478 e. The minimum Gasteiger partial charge on any atom is -0.478 e. The Morgan fingerprint density at radius 1 is 1.14 bits per heavy atom. The standard InChI is InChI=1S/C16H16FNO3/c1-8-4-9(2)10(3)14(5-8)21-15-7-12(17)11(16(19)20)6-13(15)18/h4-7H,18H2,1-3H3,(H,19,20). The van der Waals surface area contributed by atoms with Gasteiger partial charge in [-0.25, -0.2) is 9.18 Å². The minimum absolute atomic E-state index is 0.0763. The summed E-state index contributed by atoms with van der Waals surface area (Å²) in [5.41, 5.74) is 8.32. The number of aromatic carboxylic acids is 1. The molecule has 2 aromatic rings. The molecule has 0 saturated carbocycles. The molecule has 3 N–H and O–H groups in total. The Morgan fingerprint density at radius 2 is 1.81 bits per heavy atom. The summed E-state index contributed by atoms with van der Waals surface area (Å²) in [7, 11) is 0. The first kappa shape index (κ1) is 14.8. The molecule has 4 nitrogen and oxygen atoms in total. The molecule has 21 heavy (non-hydrogen) atoms. The molecule has 0 aliphatic heterocycles. The number of hydrogen-bond acceptors (Lipinski definition) is 3. The van der Waals surface area contributed by atoms with E-state index in [1.165, 1.54) is 0 Å². The van der Waals surface area contributed by atoms with Crippen LogP contribution >= 0.6 is 0 Å². The SMILES string of the molecule is Cc1cc(C)c(C)c(Oc2cc(F)c(C(=O)O)cc2N)c1. The Morgan fingerprint density at radius 3 is 2.43 bits per heavy atom. The molecule has 0 fully saturated rings. The van der Waals surface area contributed by atoms with Gasteiger partial charge >= 0.3 is 5.97 Å². The lowest BCUT2D eigenvalue weighted by molar-refractivity contribution is 0.0692. The summed E-state index contributed by atoms with van der Waals surface area (Å²) >= 11 is 0. The van der Waals surface area contributed by atoms with Crippen LogP contribution in [0, 0.1) is 26.6 Å². The number of nitrogen functional groups attached to an aromatic ring is 1. The van der Waals surface area contributed by atoms with Gasteiger partial charge in [0.15, 0.2) is 5.75 Å². The van der Waals surface area contributed by atoms with Gasteiger partial charge in [0.25, 0.3) is 0 Å². The summed E-state index contributed by atoms with van der Waals surface area (Å²) in [6.45, 7) is 5.77. The van der Waals surface area contributed by atoms with Gasteiger partial charge in [-0.3, -0.25) is 0 Å². The minimum atomic E-state index is -1.37. The predicted octanol–water partition coefficient (Wildman–Crippen LogP) is 3.82. The van der Waals surface area contributed by atoms with E-state index < -0.39 is 17.3 Å². The Labute approximate surface area is 122 Å². The zero-order chi connectivity index (χ0) is 15.7. The fourth-order valence-electron chi connectivity index (χ4n) is 2.05. The van der Waals surface area contributed by atoms with Crippen molar-refractivity contribution in [3.05, 3.63) is 52.3 Å². The molecule has 0 aromatic heterocycles. The molecule has 0 amide bonds. The van der Waals surface area contributed by atoms with Crippen molar-refractivity contribution in [1.82, 2.24) is 0 Å². The highest BCUT2D eigenvalue weighted by Gasteiger charge is 2.16. The van der Waals surface area contributed by atoms with Gasteiger partial charge in [0.05, 0.1) is 11.3 Å². The van der Waals surface area contributed by atoms with Gasteiger partial charge in [-0.2, -0.15) is 0 Å². The van der Waals surface area contributed by atoms with E-state index in [4.69, 9.17) is 15.6 Å². The van der Waals surface area contributed by atoms with Crippen LogP contribution < -0.4 is 10.5 Å². The molecule has 110 valence electrons. The molecule has 2 aromatic carbocycles. The van der Waals surface area contributed by atoms with E-state index in [0.717, 1.165) is 28.8 Å². The quantitative estimate of drug-likeness (QED) is 0.842. The van der Waals surface area contributed by atoms with Crippen LogP contribution in [0.5, 0.6) is 11.5 Å². The van der Waals surface area contributed by atoms with Crippen molar-refractivity contribution in [2.24, 2.45) is 0 Å². The van der Waals surface area contributed by atoms with Crippen LogP contribution in [-0.4, -0.2) is 11.1 Å². The number of ether oxygens (including phenoxy) is 1. The van der Waals surface area contributed by atoms with Crippen LogP contribution in [0.15, 0.2) is 24.3 Å². The first-order chi connectivity index (χ1) is 9.79. The molecule has 0 bridgehead atoms. The number of halogens is 1. The molecule has 0 heterocycles. The third-order valence-corrected chi connectivity index (χ3v) is 3.31. The van der Waals surface area contributed by atoms with E-state index in [0.29, 0.717) is 5.75 Å². The Balaban J connectivity index is 2.46. The number of anilines is 1. The number of hydrogen-bond donors (Lipinski definition) is 2. The Bertz CT molecular complexity index is 726. The maximum Gasteiger partial charge on any atom is 0.338 e. The van der Waals surface area contributed by atoms with Crippen molar-refractivity contribution in [2.75, 3.05) is 5.73 Å². The second-order valence-corrected chi connectivity index (χ2v) is 4.98. The van der Waals surface area contributed by atoms with Crippen molar-refractivity contribution in [3.63, 3.8) is 0 Å². The van der Waals surface area contributed by atoms with Gasteiger partial charge in [0.2, 0.25) is 0 Å². The van der Waals surface area contributed by atoms with Crippen LogP contribution in [-0.2, 0) is 0 Å². The predicted molar refractivity (Wildman–Crippen MR) is 78.5 cm³/mol. The van der Waals surface area contributed by atoms with E-state index in [-0.39, 0.29) is 11.4 Å². The van der Waals surface area contributed by atoms with E-state index >= 15 is 0 Å². The van der Waals surface area contributed by atoms with Crippen LogP contribution in [0.4, 0.5) is 10.1 Å². The molecule has 0 saturated heterocycles. The maximum absolute atomic E-state index is 13.7. The summed E-state index contributed by atoms with van der Waals surface area (Å²) in [6.07, 6.45) is 0. The van der Waals surface area contributed by atoms with Crippen molar-refractivity contribution < 1.29 is 19.0 Å². The normalized spacial score (nSPS) is 10.5. The monoisotopic (exact) mass is 289 g/mol. The van der Waals surface area contributed by atoms with E-state index in [1.54, 1.807) is 0 Å². The van der Waals surface area contributed by atoms with Crippen LogP contribution in [0.3, 0.4) is 0 Å². The lowest BCUT2D eigenvalue weighted by atomic mass is 10.1. The van der Waals surface area contributed by atoms with E-state index in [1.807, 2.05) is 32.9 Å². The van der Waals surface area contributed by atoms with Gasteiger partial charge in [0.1, 0.15) is 11.6 Å². The average Bonchev–Trinajstić information content (AvgIpc) is 2.38. The number of nitrogens with two attached hydrogens (primary N) is 1. The Hall–Kier alpha value is -2.56. The smallest absolute Gasteiger partial charge is 0.338 e. The summed E-state index contributed by atoms with van der Waals surface area (Å²) in [5, 5.41) is 8.85. The number of carboxylic acids is 1. The van der Waals surface area contributed by atoms with Crippen LogP contribution in [0.25, 0.3) is 0 Å². The highest BCUT2D eigenvalue weighted by atomic mass is 19.1. The van der Waals surface area contributed by atoms with Crippen molar-refractivity contribution in [1.29, 1.82) is 0 Å². The highest BCUT2D eigenvalue weighted by Crippen LogP contribution is 2.33. The fraction of sp³-hybridized carbons (Fsp3) is 0.188. The van der Waals surface area contributed by atoms with E-state index in [9.17, 15) is 9.18 Å². The van der Waals surface area contributed by atoms with Gasteiger partial charge in [-0.05, 0) is 49.6 Å². The van der Waals surface area contributed by atoms with Crippen molar-refractivity contribution >= 4 is 11.7 Å². The molecule has 0 unspecified atom stereocenters. The van der Waals surface area contributed by atoms with Gasteiger partial charge in [0, 0.05) is 6.07 Å². The summed E-state index contributed by atoms with van der Waals surface area (Å²) in [6, 6.07) is 5.89. The number of carboxylic acid groups (broad SMARTS) is 1. The maximum atomic E-state index is 13.7. The molecular formula is C16H16FNO3. The summed E-state index contributed by atoms with van der Waals surface area (Å²) < 4.78 is 19.4. The van der Waals surface area contributed by atoms with Crippen LogP contribution in [0.1, 0.15) is 27.0 Å². The molecule has 2 rings (SSSR count). The molecule has 0 aliphatic rings. The molecule has 0 aliphatic carbocycles. The lowest BCUT2D eigenvalue weighted by Gasteiger charge is -2.14. The lowest BCUT2D eigenvalue weighted by Crippen LogP contribution is -2.04. The fourth-order valence-corrected chi connectivity index (χ4v) is 2.05. The second kappa shape index (κ2) is 5.44. The molecule has 0 atom stereocenters. The van der Waals surface area contributed by atoms with E-state index in [2.05, 4.69) is 0 Å². The Kier molecular flexibility index (Phi) is 3.84. The number of benzene rings is 2. The molecular weight excluding hydrogens is 273 g/mol. The van der Waals surface area contributed by atoms with Gasteiger partial charge in [-0.1, -0.05) is 6.07 Å². The zero-order valence-electron chi connectivity index (χ0n) is 12.0. The third-order valence-electron chi connectivity index (χ3n) is 3.31. The second-order valence-electron chi connectivity index (χ2n) is 4.98. The first-order valence-electron chi connectivity index (χ1n) is 6.37.